The Morgan fingerprint density at radius 1 is 0.903 bits per heavy atom. The highest BCUT2D eigenvalue weighted by molar-refractivity contribution is 6.09. The third kappa shape index (κ3) is 8.43. The number of benzene rings is 2. The van der Waals surface area contributed by atoms with Gasteiger partial charge < -0.3 is 20.3 Å². The molecular weight excluding hydrogens is 792 g/mol. The van der Waals surface area contributed by atoms with Crippen LogP contribution in [0, 0.1) is 18.7 Å². The molecule has 17 nitrogen and oxygen atoms in total. The average molecular weight is 845 g/mol. The molecule has 1 unspecified atom stereocenters. The van der Waals surface area contributed by atoms with Gasteiger partial charge in [0.1, 0.15) is 17.6 Å². The van der Waals surface area contributed by atoms with Crippen LogP contribution in [0.25, 0.3) is 33.4 Å². The summed E-state index contributed by atoms with van der Waals surface area (Å²) in [5.41, 5.74) is 13.3. The van der Waals surface area contributed by atoms with Crippen LogP contribution in [0.4, 0.5) is 26.5 Å². The number of halogens is 1. The Bertz CT molecular complexity index is 2600. The number of anilines is 3. The summed E-state index contributed by atoms with van der Waals surface area (Å²) in [6.07, 6.45) is 7.26. The maximum Gasteiger partial charge on any atom is 0.329 e. The number of ether oxygens (including phenoxy) is 1. The summed E-state index contributed by atoms with van der Waals surface area (Å²) in [6, 6.07) is 12.4. The van der Waals surface area contributed by atoms with Crippen molar-refractivity contribution >= 4 is 40.2 Å². The normalized spacial score (nSPS) is 17.6. The lowest BCUT2D eigenvalue weighted by atomic mass is 9.95. The number of piperidine rings is 1. The lowest BCUT2D eigenvalue weighted by Gasteiger charge is -2.39. The van der Waals surface area contributed by atoms with Gasteiger partial charge in [-0.3, -0.25) is 29.3 Å². The monoisotopic (exact) mass is 844 g/mol. The van der Waals surface area contributed by atoms with Crippen LogP contribution in [0.15, 0.2) is 61.1 Å². The van der Waals surface area contributed by atoms with Crippen LogP contribution in [0.1, 0.15) is 43.4 Å². The molecule has 0 saturated carbocycles. The number of urea groups is 1. The molecule has 324 valence electrons. The van der Waals surface area contributed by atoms with Gasteiger partial charge in [-0.1, -0.05) is 0 Å². The van der Waals surface area contributed by atoms with E-state index >= 15 is 0 Å². The fourth-order valence-electron chi connectivity index (χ4n) is 9.09. The second-order valence-electron chi connectivity index (χ2n) is 16.7. The molecule has 3 aliphatic heterocycles. The Labute approximate surface area is 359 Å². The first-order chi connectivity index (χ1) is 30.0. The summed E-state index contributed by atoms with van der Waals surface area (Å²) < 4.78 is 24.7. The molecule has 3 N–H and O–H groups in total. The van der Waals surface area contributed by atoms with Crippen LogP contribution in [0.5, 0.6) is 5.75 Å². The molecule has 0 bridgehead atoms. The maximum atomic E-state index is 14.5. The maximum absolute atomic E-state index is 14.5. The van der Waals surface area contributed by atoms with Gasteiger partial charge in [-0.2, -0.15) is 25.2 Å². The predicted octanol–water partition coefficient (Wildman–Crippen LogP) is 4.78. The van der Waals surface area contributed by atoms with E-state index in [0.29, 0.717) is 35.3 Å². The predicted molar refractivity (Wildman–Crippen MR) is 234 cm³/mol. The number of aromatic nitrogens is 8. The Morgan fingerprint density at radius 2 is 1.69 bits per heavy atom. The van der Waals surface area contributed by atoms with Gasteiger partial charge in [-0.15, -0.1) is 0 Å². The number of piperazine rings is 1. The number of pyridine rings is 1. The van der Waals surface area contributed by atoms with E-state index in [1.165, 1.54) is 22.6 Å². The second-order valence-corrected chi connectivity index (χ2v) is 16.7. The minimum absolute atomic E-state index is 0.245. The lowest BCUT2D eigenvalue weighted by molar-refractivity contribution is -0.120. The molecule has 9 rings (SSSR count). The number of nitrogen functional groups attached to an aromatic ring is 1. The van der Waals surface area contributed by atoms with E-state index in [9.17, 15) is 14.0 Å². The summed E-state index contributed by atoms with van der Waals surface area (Å²) in [4.78, 5) is 39.3. The molecule has 3 fully saturated rings. The molecule has 0 radical (unpaired) electrons. The summed E-state index contributed by atoms with van der Waals surface area (Å²) >= 11 is 0. The first-order valence-corrected chi connectivity index (χ1v) is 21.4. The van der Waals surface area contributed by atoms with Gasteiger partial charge in [-0.05, 0) is 80.6 Å². The number of nitrogens with one attached hydrogen (secondary N) is 1. The van der Waals surface area contributed by atoms with Gasteiger partial charge in [0.25, 0.3) is 0 Å². The van der Waals surface area contributed by atoms with Crippen molar-refractivity contribution in [2.24, 2.45) is 20.0 Å². The Kier molecular flexibility index (Phi) is 11.3. The smallest absolute Gasteiger partial charge is 0.329 e. The fraction of sp³-hybridized carbons (Fsp3) is 0.432. The molecule has 18 heteroatoms. The Hall–Kier alpha value is -6.40. The summed E-state index contributed by atoms with van der Waals surface area (Å²) in [7, 11) is 3.63. The molecule has 7 heterocycles. The largest absolute Gasteiger partial charge is 0.482 e. The van der Waals surface area contributed by atoms with Gasteiger partial charge in [0.05, 0.1) is 30.1 Å². The molecule has 3 saturated heterocycles. The number of rotatable bonds is 12. The highest BCUT2D eigenvalue weighted by Gasteiger charge is 2.29. The van der Waals surface area contributed by atoms with Crippen LogP contribution in [-0.4, -0.2) is 120 Å². The number of hydrogen-bond donors (Lipinski definition) is 2. The van der Waals surface area contributed by atoms with Crippen molar-refractivity contribution in [2.75, 3.05) is 74.4 Å². The standard InChI is InChI=1S/C44H53FN14O3/c1-28-24-49-59(41(28)31-21-39(42(46)47-25-31)62-29(2)36-22-32(45)5-7-34(36)37-26-48-54(4)51-37)20-19-55-15-17-56(18-16-55)27-30-9-12-57(13-10-30)33-6-8-35-38(23-33)53(3)52-43(35)58-14-11-40(60)50-44(58)61/h5-8,21-26,29-30H,9-20,27H2,1-4H3,(H2,46,47)(H,50,60,61). The molecule has 3 aliphatic rings. The van der Waals surface area contributed by atoms with Crippen molar-refractivity contribution in [3.8, 4) is 28.3 Å². The van der Waals surface area contributed by atoms with Gasteiger partial charge in [-0.25, -0.2) is 14.2 Å². The topological polar surface area (TPSA) is 174 Å². The van der Waals surface area contributed by atoms with E-state index in [1.54, 1.807) is 30.4 Å². The van der Waals surface area contributed by atoms with Crippen LogP contribution >= 0.6 is 0 Å². The molecule has 2 aromatic carbocycles. The number of carbonyl (C=O) groups excluding carboxylic acids is 2. The number of carbonyl (C=O) groups is 2. The number of fused-ring (bicyclic) bond motifs is 1. The molecule has 4 aromatic heterocycles. The highest BCUT2D eigenvalue weighted by atomic mass is 19.1. The van der Waals surface area contributed by atoms with E-state index in [0.717, 1.165) is 105 Å². The SMILES string of the molecule is Cc1cnn(CCN2CCN(CC3CCN(c4ccc5c(N6CCC(=O)NC6=O)nn(C)c5c4)CC3)CC2)c1-c1cnc(N)c(OC(C)c2cc(F)ccc2-c2cnn(C)n2)c1. The van der Waals surface area contributed by atoms with Crippen molar-refractivity contribution in [3.05, 3.63) is 78.0 Å². The number of imide groups is 1. The molecule has 1 atom stereocenters. The number of amides is 3. The number of nitrogens with two attached hydrogens (primary N) is 1. The fourth-order valence-corrected chi connectivity index (χ4v) is 9.09. The summed E-state index contributed by atoms with van der Waals surface area (Å²) in [6.45, 7) is 13.0. The highest BCUT2D eigenvalue weighted by Crippen LogP contribution is 2.36. The van der Waals surface area contributed by atoms with Crippen molar-refractivity contribution in [1.29, 1.82) is 0 Å². The average Bonchev–Trinajstić information content (AvgIpc) is 3.97. The zero-order valence-electron chi connectivity index (χ0n) is 35.7. The van der Waals surface area contributed by atoms with E-state index < -0.39 is 12.1 Å². The zero-order valence-corrected chi connectivity index (χ0v) is 35.7. The molecule has 0 aliphatic carbocycles. The van der Waals surface area contributed by atoms with Crippen molar-refractivity contribution in [1.82, 2.24) is 54.7 Å². The summed E-state index contributed by atoms with van der Waals surface area (Å²) in [5.74, 6) is 1.26. The van der Waals surface area contributed by atoms with Crippen LogP contribution in [-0.2, 0) is 25.4 Å². The number of hydrogen-bond acceptors (Lipinski definition) is 12. The third-order valence-corrected chi connectivity index (χ3v) is 12.5. The van der Waals surface area contributed by atoms with Crippen LogP contribution in [0.2, 0.25) is 0 Å². The quantitative estimate of drug-likeness (QED) is 0.173. The molecule has 3 amide bonds. The van der Waals surface area contributed by atoms with Gasteiger partial charge in [0.2, 0.25) is 5.91 Å². The number of nitrogens with zero attached hydrogens (tertiary/aromatic N) is 12. The molecular formula is C44H53FN14O3. The van der Waals surface area contributed by atoms with Gasteiger partial charge >= 0.3 is 6.03 Å². The zero-order chi connectivity index (χ0) is 43.1. The molecule has 0 spiro atoms. The van der Waals surface area contributed by atoms with Gasteiger partial charge in [0.15, 0.2) is 17.4 Å². The first-order valence-electron chi connectivity index (χ1n) is 21.4. The van der Waals surface area contributed by atoms with Crippen molar-refractivity contribution in [2.45, 2.75) is 45.8 Å². The Balaban J connectivity index is 0.767. The molecule has 6 aromatic rings. The molecule has 62 heavy (non-hydrogen) atoms. The minimum Gasteiger partial charge on any atom is -0.482 e. The van der Waals surface area contributed by atoms with Crippen molar-refractivity contribution in [3.63, 3.8) is 0 Å². The minimum atomic E-state index is -0.558. The van der Waals surface area contributed by atoms with Gasteiger partial charge in [0, 0.05) is 113 Å². The second kappa shape index (κ2) is 17.2. The van der Waals surface area contributed by atoms with E-state index in [2.05, 4.69) is 52.4 Å². The lowest BCUT2D eigenvalue weighted by Crippen LogP contribution is -2.49. The first kappa shape index (κ1) is 41.0. The van der Waals surface area contributed by atoms with Crippen LogP contribution in [0.3, 0.4) is 0 Å². The van der Waals surface area contributed by atoms with E-state index in [1.807, 2.05) is 48.6 Å². The third-order valence-electron chi connectivity index (χ3n) is 12.5. The Morgan fingerprint density at radius 3 is 2.45 bits per heavy atom. The van der Waals surface area contributed by atoms with Crippen LogP contribution < -0.4 is 25.6 Å². The number of aryl methyl sites for hydroxylation is 3. The van der Waals surface area contributed by atoms with E-state index in [4.69, 9.17) is 15.6 Å². The summed E-state index contributed by atoms with van der Waals surface area (Å²) in [5, 5.41) is 21.3. The van der Waals surface area contributed by atoms with Crippen molar-refractivity contribution < 1.29 is 18.7 Å². The van der Waals surface area contributed by atoms with E-state index in [-0.39, 0.29) is 24.0 Å².